The van der Waals surface area contributed by atoms with Gasteiger partial charge in [-0.2, -0.15) is 8.42 Å². The van der Waals surface area contributed by atoms with E-state index in [1.165, 1.54) is 71.1 Å². The normalized spacial score (nSPS) is 12.9. The summed E-state index contributed by atoms with van der Waals surface area (Å²) in [5.74, 6) is -0.140. The van der Waals surface area contributed by atoms with Gasteiger partial charge in [0.05, 0.1) is 0 Å². The molecule has 1 amide bonds. The van der Waals surface area contributed by atoms with Gasteiger partial charge in [-0.15, -0.1) is 0 Å². The Bertz CT molecular complexity index is 423. The third-order valence-electron chi connectivity index (χ3n) is 4.60. The summed E-state index contributed by atoms with van der Waals surface area (Å²) < 4.78 is 30.5. The first-order valence-corrected chi connectivity index (χ1v) is 11.6. The Kier molecular flexibility index (Phi) is 15.2. The standard InChI is InChI=1S/C19H39NO4S/c1-3-4-5-6-7-8-9-10-11-12-13-14-15-16-19(21)20-17-18(2)25(22,23)24/h18H,3-17H2,1-2H3,(H,20,21)(H,22,23,24). The van der Waals surface area contributed by atoms with Gasteiger partial charge in [0.2, 0.25) is 5.91 Å². The van der Waals surface area contributed by atoms with Crippen molar-refractivity contribution in [3.8, 4) is 0 Å². The van der Waals surface area contributed by atoms with Crippen molar-refractivity contribution >= 4 is 16.0 Å². The second kappa shape index (κ2) is 15.6. The number of hydrogen-bond donors (Lipinski definition) is 2. The summed E-state index contributed by atoms with van der Waals surface area (Å²) >= 11 is 0. The molecule has 1 unspecified atom stereocenters. The Morgan fingerprint density at radius 1 is 0.840 bits per heavy atom. The predicted molar refractivity (Wildman–Crippen MR) is 104 cm³/mol. The molecule has 25 heavy (non-hydrogen) atoms. The van der Waals surface area contributed by atoms with Gasteiger partial charge in [0.1, 0.15) is 5.25 Å². The highest BCUT2D eigenvalue weighted by molar-refractivity contribution is 7.86. The summed E-state index contributed by atoms with van der Waals surface area (Å²) in [6, 6.07) is 0. The van der Waals surface area contributed by atoms with Crippen LogP contribution in [0.3, 0.4) is 0 Å². The summed E-state index contributed by atoms with van der Waals surface area (Å²) in [5.41, 5.74) is 0. The van der Waals surface area contributed by atoms with Crippen molar-refractivity contribution in [3.63, 3.8) is 0 Å². The highest BCUT2D eigenvalue weighted by Gasteiger charge is 2.17. The molecule has 0 heterocycles. The number of carbonyl (C=O) groups is 1. The first-order valence-electron chi connectivity index (χ1n) is 10.1. The number of amides is 1. The number of carbonyl (C=O) groups excluding carboxylic acids is 1. The summed E-state index contributed by atoms with van der Waals surface area (Å²) in [7, 11) is -4.06. The fourth-order valence-electron chi connectivity index (χ4n) is 2.75. The van der Waals surface area contributed by atoms with Crippen molar-refractivity contribution in [1.29, 1.82) is 0 Å². The van der Waals surface area contributed by atoms with E-state index in [4.69, 9.17) is 4.55 Å². The van der Waals surface area contributed by atoms with Crippen molar-refractivity contribution in [2.45, 2.75) is 109 Å². The predicted octanol–water partition coefficient (Wildman–Crippen LogP) is 4.86. The summed E-state index contributed by atoms with van der Waals surface area (Å²) in [5, 5.41) is 1.60. The van der Waals surface area contributed by atoms with Crippen LogP contribution in [0.5, 0.6) is 0 Å². The molecule has 0 saturated carbocycles. The van der Waals surface area contributed by atoms with Crippen LogP contribution in [0.15, 0.2) is 0 Å². The molecule has 0 fully saturated rings. The van der Waals surface area contributed by atoms with E-state index in [0.29, 0.717) is 6.42 Å². The molecule has 0 saturated heterocycles. The second-order valence-electron chi connectivity index (χ2n) is 7.12. The van der Waals surface area contributed by atoms with Crippen molar-refractivity contribution in [3.05, 3.63) is 0 Å². The SMILES string of the molecule is CCCCCCCCCCCCCCCC(=O)NCC(C)S(=O)(=O)O. The van der Waals surface area contributed by atoms with Gasteiger partial charge in [-0.25, -0.2) is 0 Å². The fraction of sp³-hybridized carbons (Fsp3) is 0.947. The minimum absolute atomic E-state index is 0.0316. The molecule has 0 aromatic heterocycles. The van der Waals surface area contributed by atoms with Gasteiger partial charge in [0, 0.05) is 13.0 Å². The summed E-state index contributed by atoms with van der Waals surface area (Å²) in [6.07, 6.45) is 16.9. The maximum atomic E-state index is 11.6. The van der Waals surface area contributed by atoms with Crippen LogP contribution in [0.25, 0.3) is 0 Å². The maximum Gasteiger partial charge on any atom is 0.269 e. The molecule has 0 radical (unpaired) electrons. The van der Waals surface area contributed by atoms with E-state index >= 15 is 0 Å². The Hall–Kier alpha value is -0.620. The molecule has 1 atom stereocenters. The van der Waals surface area contributed by atoms with Crippen molar-refractivity contribution in [2.24, 2.45) is 0 Å². The molecule has 5 nitrogen and oxygen atoms in total. The lowest BCUT2D eigenvalue weighted by atomic mass is 10.0. The van der Waals surface area contributed by atoms with Gasteiger partial charge in [-0.05, 0) is 13.3 Å². The quantitative estimate of drug-likeness (QED) is 0.280. The lowest BCUT2D eigenvalue weighted by molar-refractivity contribution is -0.121. The number of unbranched alkanes of at least 4 members (excludes halogenated alkanes) is 12. The Morgan fingerprint density at radius 3 is 1.64 bits per heavy atom. The van der Waals surface area contributed by atoms with E-state index in [0.717, 1.165) is 19.3 Å². The molecular formula is C19H39NO4S. The van der Waals surface area contributed by atoms with E-state index in [9.17, 15) is 13.2 Å². The van der Waals surface area contributed by atoms with E-state index in [-0.39, 0.29) is 12.5 Å². The zero-order valence-corrected chi connectivity index (χ0v) is 17.1. The lowest BCUT2D eigenvalue weighted by Gasteiger charge is -2.09. The smallest absolute Gasteiger partial charge is 0.269 e. The first kappa shape index (κ1) is 24.4. The Labute approximate surface area is 155 Å². The Morgan fingerprint density at radius 2 is 1.24 bits per heavy atom. The van der Waals surface area contributed by atoms with Crippen LogP contribution in [0.2, 0.25) is 0 Å². The number of nitrogens with one attached hydrogen (secondary N) is 1. The topological polar surface area (TPSA) is 83.5 Å². The molecule has 0 aromatic rings. The molecule has 0 aromatic carbocycles. The molecule has 6 heteroatoms. The van der Waals surface area contributed by atoms with Crippen molar-refractivity contribution in [1.82, 2.24) is 5.32 Å². The molecule has 150 valence electrons. The van der Waals surface area contributed by atoms with Gasteiger partial charge < -0.3 is 5.32 Å². The molecular weight excluding hydrogens is 338 g/mol. The lowest BCUT2D eigenvalue weighted by Crippen LogP contribution is -2.34. The minimum atomic E-state index is -4.06. The second-order valence-corrected chi connectivity index (χ2v) is 8.96. The van der Waals surface area contributed by atoms with Crippen molar-refractivity contribution in [2.75, 3.05) is 6.54 Å². The van der Waals surface area contributed by atoms with E-state index < -0.39 is 15.4 Å². The monoisotopic (exact) mass is 377 g/mol. The van der Waals surface area contributed by atoms with Gasteiger partial charge in [-0.1, -0.05) is 84.0 Å². The van der Waals surface area contributed by atoms with E-state index in [1.54, 1.807) is 0 Å². The molecule has 0 rings (SSSR count). The third kappa shape index (κ3) is 16.6. The van der Waals surface area contributed by atoms with Crippen LogP contribution < -0.4 is 5.32 Å². The van der Waals surface area contributed by atoms with Gasteiger partial charge in [-0.3, -0.25) is 9.35 Å². The molecule has 0 aliphatic heterocycles. The number of rotatable bonds is 17. The van der Waals surface area contributed by atoms with Crippen LogP contribution in [-0.2, 0) is 14.9 Å². The van der Waals surface area contributed by atoms with Gasteiger partial charge in [0.15, 0.2) is 0 Å². The molecule has 0 spiro atoms. The van der Waals surface area contributed by atoms with Gasteiger partial charge in [0.25, 0.3) is 10.1 Å². The average molecular weight is 378 g/mol. The van der Waals surface area contributed by atoms with Crippen LogP contribution >= 0.6 is 0 Å². The molecule has 0 aliphatic carbocycles. The van der Waals surface area contributed by atoms with E-state index in [1.807, 2.05) is 0 Å². The maximum absolute atomic E-state index is 11.6. The van der Waals surface area contributed by atoms with Crippen LogP contribution in [0.1, 0.15) is 104 Å². The molecule has 0 aliphatic rings. The van der Waals surface area contributed by atoms with Gasteiger partial charge >= 0.3 is 0 Å². The number of hydrogen-bond acceptors (Lipinski definition) is 3. The zero-order chi connectivity index (χ0) is 19.0. The van der Waals surface area contributed by atoms with Crippen LogP contribution in [-0.4, -0.2) is 30.7 Å². The van der Waals surface area contributed by atoms with E-state index in [2.05, 4.69) is 12.2 Å². The minimum Gasteiger partial charge on any atom is -0.355 e. The zero-order valence-electron chi connectivity index (χ0n) is 16.3. The third-order valence-corrected chi connectivity index (χ3v) is 5.79. The highest BCUT2D eigenvalue weighted by Crippen LogP contribution is 2.12. The molecule has 0 bridgehead atoms. The Balaban J connectivity index is 3.31. The van der Waals surface area contributed by atoms with Crippen LogP contribution in [0, 0.1) is 0 Å². The molecule has 2 N–H and O–H groups in total. The first-order chi connectivity index (χ1) is 11.9. The summed E-state index contributed by atoms with van der Waals surface area (Å²) in [4.78, 5) is 11.6. The largest absolute Gasteiger partial charge is 0.355 e. The summed E-state index contributed by atoms with van der Waals surface area (Å²) in [6.45, 7) is 3.59. The fourth-order valence-corrected chi connectivity index (χ4v) is 3.05. The van der Waals surface area contributed by atoms with Crippen molar-refractivity contribution < 1.29 is 17.8 Å². The highest BCUT2D eigenvalue weighted by atomic mass is 32.2. The van der Waals surface area contributed by atoms with Crippen LogP contribution in [0.4, 0.5) is 0 Å². The average Bonchev–Trinajstić information content (AvgIpc) is 2.56.